The summed E-state index contributed by atoms with van der Waals surface area (Å²) >= 11 is 0. The van der Waals surface area contributed by atoms with Crippen LogP contribution in [0, 0.1) is 6.92 Å². The van der Waals surface area contributed by atoms with Crippen LogP contribution in [0.1, 0.15) is 43.6 Å². The Hall–Kier alpha value is -5.16. The van der Waals surface area contributed by atoms with E-state index in [2.05, 4.69) is 127 Å². The minimum atomic E-state index is 0.773. The highest BCUT2D eigenvalue weighted by atomic mass is 16.5. The zero-order valence-corrected chi connectivity index (χ0v) is 25.5. The van der Waals surface area contributed by atoms with Crippen LogP contribution in [0.15, 0.2) is 115 Å². The third-order valence-electron chi connectivity index (χ3n) is 8.29. The second kappa shape index (κ2) is 11.8. The molecule has 7 aromatic rings. The number of aromatic nitrogens is 4. The highest BCUT2D eigenvalue weighted by Gasteiger charge is 2.20. The molecule has 0 aliphatic heterocycles. The highest BCUT2D eigenvalue weighted by molar-refractivity contribution is 6.09. The molecular weight excluding hydrogens is 540 g/mol. The summed E-state index contributed by atoms with van der Waals surface area (Å²) in [6, 6.07) is 37.9. The average molecular weight is 577 g/mol. The molecule has 0 saturated heterocycles. The fourth-order valence-corrected chi connectivity index (χ4v) is 6.20. The lowest BCUT2D eigenvalue weighted by molar-refractivity contribution is 0.482. The maximum atomic E-state index is 6.55. The Bertz CT molecular complexity index is 2090. The van der Waals surface area contributed by atoms with Crippen LogP contribution >= 0.6 is 0 Å². The molecule has 0 amide bonds. The second-order valence-electron chi connectivity index (χ2n) is 11.3. The first-order valence-corrected chi connectivity index (χ1v) is 15.5. The van der Waals surface area contributed by atoms with Crippen LogP contribution in [0.4, 0.5) is 0 Å². The van der Waals surface area contributed by atoms with Crippen LogP contribution in [0.5, 0.6) is 11.5 Å². The third kappa shape index (κ3) is 5.05. The van der Waals surface area contributed by atoms with E-state index in [-0.39, 0.29) is 0 Å². The Kier molecular flexibility index (Phi) is 7.45. The minimum absolute atomic E-state index is 0.773. The number of nitrogens with zero attached hydrogens (tertiary/aromatic N) is 4. The van der Waals surface area contributed by atoms with Gasteiger partial charge in [0, 0.05) is 34.7 Å². The van der Waals surface area contributed by atoms with Crippen molar-refractivity contribution in [3.8, 4) is 34.1 Å². The monoisotopic (exact) mass is 576 g/mol. The first kappa shape index (κ1) is 27.7. The fourth-order valence-electron chi connectivity index (χ4n) is 6.20. The van der Waals surface area contributed by atoms with Gasteiger partial charge in [-0.2, -0.15) is 5.10 Å². The number of benzene rings is 4. The van der Waals surface area contributed by atoms with Crippen LogP contribution in [0.25, 0.3) is 44.4 Å². The molecular formula is C39H36N4O. The Balaban J connectivity index is 1.30. The van der Waals surface area contributed by atoms with Gasteiger partial charge in [-0.3, -0.25) is 4.57 Å². The largest absolute Gasteiger partial charge is 0.457 e. The Labute approximate surface area is 258 Å². The lowest BCUT2D eigenvalue weighted by Crippen LogP contribution is -2.03. The van der Waals surface area contributed by atoms with Crippen molar-refractivity contribution in [2.75, 3.05) is 0 Å². The molecule has 0 saturated carbocycles. The van der Waals surface area contributed by atoms with Crippen LogP contribution in [0.3, 0.4) is 0 Å². The molecule has 4 aromatic carbocycles. The Morgan fingerprint density at radius 1 is 0.727 bits per heavy atom. The molecule has 0 atom stereocenters. The molecule has 3 aromatic heterocycles. The van der Waals surface area contributed by atoms with Crippen LogP contribution in [0.2, 0.25) is 0 Å². The van der Waals surface area contributed by atoms with Crippen molar-refractivity contribution in [1.29, 1.82) is 0 Å². The maximum absolute atomic E-state index is 6.55. The molecule has 0 N–H and O–H groups in total. The van der Waals surface area contributed by atoms with E-state index in [1.54, 1.807) is 0 Å². The van der Waals surface area contributed by atoms with E-state index in [4.69, 9.17) is 14.8 Å². The van der Waals surface area contributed by atoms with Crippen molar-refractivity contribution in [2.24, 2.45) is 0 Å². The summed E-state index contributed by atoms with van der Waals surface area (Å²) in [7, 11) is 0. The number of ether oxygens (including phenoxy) is 1. The predicted molar refractivity (Wildman–Crippen MR) is 180 cm³/mol. The summed E-state index contributed by atoms with van der Waals surface area (Å²) in [5.41, 5.74) is 9.22. The molecule has 0 spiro atoms. The Morgan fingerprint density at radius 3 is 2.34 bits per heavy atom. The molecule has 0 aliphatic rings. The van der Waals surface area contributed by atoms with Gasteiger partial charge < -0.3 is 4.74 Å². The van der Waals surface area contributed by atoms with Crippen molar-refractivity contribution in [2.45, 2.75) is 46.5 Å². The van der Waals surface area contributed by atoms with Crippen LogP contribution < -0.4 is 4.74 Å². The van der Waals surface area contributed by atoms with Gasteiger partial charge in [-0.05, 0) is 79.8 Å². The van der Waals surface area contributed by atoms with E-state index in [9.17, 15) is 0 Å². The minimum Gasteiger partial charge on any atom is -0.457 e. The first-order valence-electron chi connectivity index (χ1n) is 15.5. The molecule has 0 aliphatic carbocycles. The van der Waals surface area contributed by atoms with Crippen molar-refractivity contribution >= 4 is 21.8 Å². The lowest BCUT2D eigenvalue weighted by Gasteiger charge is -2.12. The number of unbranched alkanes of at least 4 members (excludes halogenated alkanes) is 1. The zero-order valence-electron chi connectivity index (χ0n) is 25.5. The molecule has 5 heteroatoms. The zero-order chi connectivity index (χ0) is 30.0. The van der Waals surface area contributed by atoms with Gasteiger partial charge in [-0.15, -0.1) is 0 Å². The van der Waals surface area contributed by atoms with E-state index in [1.165, 1.54) is 33.2 Å². The standard InChI is InChI=1S/C39H36N4O/c1-4-6-18-36-39(28-13-8-7-9-14-28)34(5-2)41-43(36)29-15-12-16-30(25-29)44-31-20-21-33-32-17-10-11-19-35(32)42(37(33)26-31)38-24-27(3)22-23-40-38/h7-17,19-26H,4-6,18H2,1-3H3. The summed E-state index contributed by atoms with van der Waals surface area (Å²) in [6.07, 6.45) is 5.94. The number of hydrogen-bond acceptors (Lipinski definition) is 3. The molecule has 0 bridgehead atoms. The summed E-state index contributed by atoms with van der Waals surface area (Å²) in [4.78, 5) is 4.72. The number of aryl methyl sites for hydroxylation is 2. The van der Waals surface area contributed by atoms with Gasteiger partial charge in [0.25, 0.3) is 0 Å². The van der Waals surface area contributed by atoms with E-state index in [1.807, 2.05) is 18.3 Å². The van der Waals surface area contributed by atoms with Gasteiger partial charge in [-0.1, -0.05) is 74.9 Å². The van der Waals surface area contributed by atoms with Crippen molar-refractivity contribution in [3.63, 3.8) is 0 Å². The quantitative estimate of drug-likeness (QED) is 0.172. The molecule has 218 valence electrons. The number of pyridine rings is 1. The van der Waals surface area contributed by atoms with E-state index >= 15 is 0 Å². The van der Waals surface area contributed by atoms with Gasteiger partial charge in [0.15, 0.2) is 0 Å². The predicted octanol–water partition coefficient (Wildman–Crippen LogP) is 10.0. The number of rotatable bonds is 9. The molecule has 0 unspecified atom stereocenters. The van der Waals surface area contributed by atoms with Crippen molar-refractivity contribution in [1.82, 2.24) is 19.3 Å². The van der Waals surface area contributed by atoms with E-state index in [0.29, 0.717) is 0 Å². The van der Waals surface area contributed by atoms with E-state index < -0.39 is 0 Å². The highest BCUT2D eigenvalue weighted by Crippen LogP contribution is 2.36. The van der Waals surface area contributed by atoms with Crippen LogP contribution in [-0.2, 0) is 12.8 Å². The SMILES string of the molecule is CCCCc1c(-c2ccccc2)c(CC)nn1-c1cccc(Oc2ccc3c4ccccc4n(-c4cc(C)ccn4)c3c2)c1. The summed E-state index contributed by atoms with van der Waals surface area (Å²) in [5.74, 6) is 2.45. The van der Waals surface area contributed by atoms with Gasteiger partial charge >= 0.3 is 0 Å². The van der Waals surface area contributed by atoms with Crippen LogP contribution in [-0.4, -0.2) is 19.3 Å². The molecule has 3 heterocycles. The fraction of sp³-hybridized carbons (Fsp3) is 0.179. The molecule has 5 nitrogen and oxygen atoms in total. The second-order valence-corrected chi connectivity index (χ2v) is 11.3. The number of para-hydroxylation sites is 1. The number of hydrogen-bond donors (Lipinski definition) is 0. The average Bonchev–Trinajstić information content (AvgIpc) is 3.59. The summed E-state index contributed by atoms with van der Waals surface area (Å²) in [5, 5.41) is 7.51. The van der Waals surface area contributed by atoms with E-state index in [0.717, 1.165) is 65.4 Å². The summed E-state index contributed by atoms with van der Waals surface area (Å²) in [6.45, 7) is 6.52. The first-order chi connectivity index (χ1) is 21.6. The molecule has 44 heavy (non-hydrogen) atoms. The topological polar surface area (TPSA) is 44.9 Å². The third-order valence-corrected chi connectivity index (χ3v) is 8.29. The normalized spacial score (nSPS) is 11.4. The summed E-state index contributed by atoms with van der Waals surface area (Å²) < 4.78 is 10.9. The smallest absolute Gasteiger partial charge is 0.137 e. The molecule has 0 radical (unpaired) electrons. The van der Waals surface area contributed by atoms with Crippen molar-refractivity contribution in [3.05, 3.63) is 132 Å². The number of fused-ring (bicyclic) bond motifs is 3. The van der Waals surface area contributed by atoms with Gasteiger partial charge in [0.05, 0.1) is 28.1 Å². The van der Waals surface area contributed by atoms with Gasteiger partial charge in [-0.25, -0.2) is 9.67 Å². The maximum Gasteiger partial charge on any atom is 0.137 e. The Morgan fingerprint density at radius 2 is 1.52 bits per heavy atom. The lowest BCUT2D eigenvalue weighted by atomic mass is 9.99. The van der Waals surface area contributed by atoms with Gasteiger partial charge in [0.2, 0.25) is 0 Å². The van der Waals surface area contributed by atoms with Gasteiger partial charge in [0.1, 0.15) is 17.3 Å². The van der Waals surface area contributed by atoms with Crippen molar-refractivity contribution < 1.29 is 4.74 Å². The molecule has 7 rings (SSSR count). The molecule has 0 fully saturated rings.